The van der Waals surface area contributed by atoms with Crippen LogP contribution in [0.3, 0.4) is 0 Å². The maximum atomic E-state index is 13.8. The highest BCUT2D eigenvalue weighted by molar-refractivity contribution is 14.1. The number of nitrogens with zero attached hydrogens (tertiary/aromatic N) is 1. The second-order valence-corrected chi connectivity index (χ2v) is 5.54. The minimum Gasteiger partial charge on any atom is -0.508 e. The number of rotatable bonds is 2. The molecule has 0 fully saturated rings. The first-order valence-electron chi connectivity index (χ1n) is 5.69. The zero-order chi connectivity index (χ0) is 13.3. The molecule has 0 spiro atoms. The Labute approximate surface area is 118 Å². The van der Waals surface area contributed by atoms with Crippen molar-refractivity contribution < 1.29 is 14.3 Å². The van der Waals surface area contributed by atoms with Crippen LogP contribution in [0.5, 0.6) is 5.75 Å². The second-order valence-electron chi connectivity index (χ2n) is 4.04. The van der Waals surface area contributed by atoms with E-state index in [-0.39, 0.29) is 15.6 Å². The van der Waals surface area contributed by atoms with Crippen molar-refractivity contribution >= 4 is 34.2 Å². The molecule has 3 nitrogen and oxygen atoms in total. The third-order valence-corrected chi connectivity index (χ3v) is 3.93. The Bertz CT molecular complexity index is 516. The van der Waals surface area contributed by atoms with E-state index in [0.717, 1.165) is 6.07 Å². The summed E-state index contributed by atoms with van der Waals surface area (Å²) >= 11 is 2.10. The number of benzene rings is 1. The predicted octanol–water partition coefficient (Wildman–Crippen LogP) is 2.93. The normalized spacial score (nSPS) is 19.9. The van der Waals surface area contributed by atoms with E-state index in [2.05, 4.69) is 22.6 Å². The Balaban J connectivity index is 2.45. The fraction of sp³-hybridized carbons (Fsp3) is 0.308. The van der Waals surface area contributed by atoms with E-state index in [1.165, 1.54) is 12.1 Å². The van der Waals surface area contributed by atoms with Gasteiger partial charge in [-0.3, -0.25) is 4.79 Å². The van der Waals surface area contributed by atoms with Crippen molar-refractivity contribution in [1.29, 1.82) is 0 Å². The number of phenols is 1. The van der Waals surface area contributed by atoms with Crippen molar-refractivity contribution in [2.45, 2.75) is 17.3 Å². The van der Waals surface area contributed by atoms with Crippen LogP contribution in [0.2, 0.25) is 0 Å². The van der Waals surface area contributed by atoms with E-state index in [9.17, 15) is 14.3 Å². The first kappa shape index (κ1) is 13.3. The SMILES string of the molecule is CCN1C(=O)C(I)CC=C1c1ccc(O)cc1F. The molecule has 0 aromatic heterocycles. The molecule has 18 heavy (non-hydrogen) atoms. The smallest absolute Gasteiger partial charge is 0.240 e. The van der Waals surface area contributed by atoms with Crippen LogP contribution in [0.4, 0.5) is 4.39 Å². The Morgan fingerprint density at radius 1 is 1.56 bits per heavy atom. The van der Waals surface area contributed by atoms with Gasteiger partial charge in [0.15, 0.2) is 0 Å². The third kappa shape index (κ3) is 2.36. The molecule has 0 bridgehead atoms. The Morgan fingerprint density at radius 2 is 2.28 bits per heavy atom. The van der Waals surface area contributed by atoms with Gasteiger partial charge in [0.05, 0.1) is 3.92 Å². The summed E-state index contributed by atoms with van der Waals surface area (Å²) in [6.45, 7) is 2.36. The number of phenolic OH excluding ortho intramolecular Hbond substituents is 1. The highest BCUT2D eigenvalue weighted by Crippen LogP contribution is 2.31. The molecule has 1 N–H and O–H groups in total. The van der Waals surface area contributed by atoms with Crippen molar-refractivity contribution in [3.05, 3.63) is 35.7 Å². The average molecular weight is 361 g/mol. The number of amides is 1. The molecule has 0 radical (unpaired) electrons. The molecule has 1 heterocycles. The number of carbonyl (C=O) groups excluding carboxylic acids is 1. The largest absolute Gasteiger partial charge is 0.508 e. The van der Waals surface area contributed by atoms with Gasteiger partial charge in [-0.2, -0.15) is 0 Å². The summed E-state index contributed by atoms with van der Waals surface area (Å²) in [5, 5.41) is 9.21. The van der Waals surface area contributed by atoms with E-state index in [0.29, 0.717) is 24.2 Å². The number of aromatic hydroxyl groups is 1. The van der Waals surface area contributed by atoms with Crippen LogP contribution in [0.25, 0.3) is 5.70 Å². The maximum Gasteiger partial charge on any atom is 0.240 e. The van der Waals surface area contributed by atoms with Crippen LogP contribution in [-0.4, -0.2) is 26.4 Å². The number of hydrogen-bond acceptors (Lipinski definition) is 2. The minimum atomic E-state index is -0.514. The monoisotopic (exact) mass is 361 g/mol. The summed E-state index contributed by atoms with van der Waals surface area (Å²) in [6.07, 6.45) is 2.48. The van der Waals surface area contributed by atoms with Crippen molar-refractivity contribution in [3.8, 4) is 5.75 Å². The number of alkyl halides is 1. The molecule has 1 aromatic carbocycles. The second kappa shape index (κ2) is 5.26. The number of allylic oxidation sites excluding steroid dienone is 1. The molecule has 0 saturated carbocycles. The van der Waals surface area contributed by atoms with Gasteiger partial charge in [-0.15, -0.1) is 0 Å². The molecular weight excluding hydrogens is 348 g/mol. The highest BCUT2D eigenvalue weighted by atomic mass is 127. The van der Waals surface area contributed by atoms with Crippen LogP contribution < -0.4 is 0 Å². The molecule has 1 amide bonds. The van der Waals surface area contributed by atoms with Crippen molar-refractivity contribution in [3.63, 3.8) is 0 Å². The molecule has 1 unspecified atom stereocenters. The lowest BCUT2D eigenvalue weighted by atomic mass is 10.0. The fourth-order valence-electron chi connectivity index (χ4n) is 2.01. The topological polar surface area (TPSA) is 40.5 Å². The molecule has 96 valence electrons. The molecule has 1 atom stereocenters. The third-order valence-electron chi connectivity index (χ3n) is 2.89. The predicted molar refractivity (Wildman–Crippen MR) is 75.9 cm³/mol. The molecule has 0 aliphatic carbocycles. The van der Waals surface area contributed by atoms with Gasteiger partial charge in [0, 0.05) is 23.9 Å². The molecule has 1 aliphatic heterocycles. The Kier molecular flexibility index (Phi) is 3.89. The molecule has 5 heteroatoms. The lowest BCUT2D eigenvalue weighted by Crippen LogP contribution is -2.38. The van der Waals surface area contributed by atoms with Gasteiger partial charge in [0.25, 0.3) is 0 Å². The van der Waals surface area contributed by atoms with E-state index in [1.807, 2.05) is 13.0 Å². The summed E-state index contributed by atoms with van der Waals surface area (Å²) in [7, 11) is 0. The first-order valence-corrected chi connectivity index (χ1v) is 6.93. The maximum absolute atomic E-state index is 13.8. The standard InChI is InChI=1S/C13H13FINO2/c1-2-16-12(6-5-11(15)13(16)18)9-4-3-8(17)7-10(9)14/h3-4,6-7,11,17H,2,5H2,1H3. The molecular formula is C13H13FINO2. The summed E-state index contributed by atoms with van der Waals surface area (Å²) in [5.41, 5.74) is 0.944. The summed E-state index contributed by atoms with van der Waals surface area (Å²) in [5.74, 6) is -0.628. The van der Waals surface area contributed by atoms with Gasteiger partial charge in [0.1, 0.15) is 11.6 Å². The molecule has 2 rings (SSSR count). The zero-order valence-electron chi connectivity index (χ0n) is 9.86. The molecule has 1 aliphatic rings. The van der Waals surface area contributed by atoms with E-state index >= 15 is 0 Å². The van der Waals surface area contributed by atoms with Crippen molar-refractivity contribution in [2.75, 3.05) is 6.54 Å². The Morgan fingerprint density at radius 3 is 2.89 bits per heavy atom. The van der Waals surface area contributed by atoms with E-state index in [4.69, 9.17) is 0 Å². The Hall–Kier alpha value is -1.11. The molecule has 0 saturated heterocycles. The van der Waals surface area contributed by atoms with Gasteiger partial charge in [-0.05, 0) is 25.5 Å². The van der Waals surface area contributed by atoms with Crippen LogP contribution in [-0.2, 0) is 4.79 Å². The van der Waals surface area contributed by atoms with E-state index < -0.39 is 5.82 Å². The number of halogens is 2. The first-order chi connectivity index (χ1) is 8.54. The minimum absolute atomic E-state index is 0.00285. The van der Waals surface area contributed by atoms with Crippen LogP contribution in [0.15, 0.2) is 24.3 Å². The number of carbonyl (C=O) groups is 1. The molecule has 1 aromatic rings. The van der Waals surface area contributed by atoms with Crippen molar-refractivity contribution in [1.82, 2.24) is 4.90 Å². The quantitative estimate of drug-likeness (QED) is 0.650. The fourth-order valence-corrected chi connectivity index (χ4v) is 2.60. The summed E-state index contributed by atoms with van der Waals surface area (Å²) in [6, 6.07) is 3.98. The van der Waals surface area contributed by atoms with Gasteiger partial charge < -0.3 is 10.0 Å². The van der Waals surface area contributed by atoms with Gasteiger partial charge in [-0.1, -0.05) is 28.7 Å². The highest BCUT2D eigenvalue weighted by Gasteiger charge is 2.29. The lowest BCUT2D eigenvalue weighted by molar-refractivity contribution is -0.127. The van der Waals surface area contributed by atoms with Crippen LogP contribution in [0, 0.1) is 5.82 Å². The average Bonchev–Trinajstić information content (AvgIpc) is 2.33. The summed E-state index contributed by atoms with van der Waals surface area (Å²) < 4.78 is 13.7. The van der Waals surface area contributed by atoms with Gasteiger partial charge >= 0.3 is 0 Å². The number of hydrogen-bond donors (Lipinski definition) is 1. The van der Waals surface area contributed by atoms with Crippen LogP contribution >= 0.6 is 22.6 Å². The van der Waals surface area contributed by atoms with Crippen LogP contribution in [0.1, 0.15) is 18.9 Å². The zero-order valence-corrected chi connectivity index (χ0v) is 12.0. The van der Waals surface area contributed by atoms with Gasteiger partial charge in [-0.25, -0.2) is 4.39 Å². The summed E-state index contributed by atoms with van der Waals surface area (Å²) in [4.78, 5) is 13.6. The van der Waals surface area contributed by atoms with Crippen molar-refractivity contribution in [2.24, 2.45) is 0 Å². The van der Waals surface area contributed by atoms with Gasteiger partial charge in [0.2, 0.25) is 5.91 Å². The lowest BCUT2D eigenvalue weighted by Gasteiger charge is -2.30. The van der Waals surface area contributed by atoms with E-state index in [1.54, 1.807) is 4.90 Å².